The SMILES string of the molecule is CC(=O)c1sc2ncn(Cc3ccc(C)cc3)c(=O)c2c1C. The van der Waals surface area contributed by atoms with Crippen molar-refractivity contribution in [2.75, 3.05) is 0 Å². The van der Waals surface area contributed by atoms with Crippen LogP contribution >= 0.6 is 11.3 Å². The van der Waals surface area contributed by atoms with Gasteiger partial charge < -0.3 is 0 Å². The van der Waals surface area contributed by atoms with E-state index in [1.807, 2.05) is 38.1 Å². The smallest absolute Gasteiger partial charge is 0.262 e. The largest absolute Gasteiger partial charge is 0.294 e. The molecule has 22 heavy (non-hydrogen) atoms. The van der Waals surface area contributed by atoms with Crippen LogP contribution in [0.4, 0.5) is 0 Å². The zero-order chi connectivity index (χ0) is 15.9. The molecule has 0 fully saturated rings. The molecule has 0 N–H and O–H groups in total. The summed E-state index contributed by atoms with van der Waals surface area (Å²) < 4.78 is 1.59. The summed E-state index contributed by atoms with van der Waals surface area (Å²) in [5.41, 5.74) is 2.88. The van der Waals surface area contributed by atoms with Gasteiger partial charge in [-0.05, 0) is 31.9 Å². The second kappa shape index (κ2) is 5.50. The Hall–Kier alpha value is -2.27. The minimum atomic E-state index is -0.0909. The molecule has 4 nitrogen and oxygen atoms in total. The quantitative estimate of drug-likeness (QED) is 0.697. The average Bonchev–Trinajstić information content (AvgIpc) is 2.82. The van der Waals surface area contributed by atoms with Crippen molar-refractivity contribution < 1.29 is 4.79 Å². The first-order valence-electron chi connectivity index (χ1n) is 7.02. The van der Waals surface area contributed by atoms with E-state index < -0.39 is 0 Å². The number of ketones is 1. The van der Waals surface area contributed by atoms with Crippen molar-refractivity contribution >= 4 is 27.3 Å². The molecule has 3 aromatic rings. The predicted octanol–water partition coefficient (Wildman–Crippen LogP) is 3.33. The molecule has 0 radical (unpaired) electrons. The molecule has 1 aromatic carbocycles. The van der Waals surface area contributed by atoms with Gasteiger partial charge >= 0.3 is 0 Å². The lowest BCUT2D eigenvalue weighted by atomic mass is 10.1. The van der Waals surface area contributed by atoms with E-state index in [4.69, 9.17) is 0 Å². The van der Waals surface area contributed by atoms with E-state index in [0.29, 0.717) is 21.6 Å². The molecule has 0 aliphatic heterocycles. The summed E-state index contributed by atoms with van der Waals surface area (Å²) in [4.78, 5) is 29.9. The lowest BCUT2D eigenvalue weighted by molar-refractivity contribution is 0.102. The monoisotopic (exact) mass is 312 g/mol. The summed E-state index contributed by atoms with van der Waals surface area (Å²) in [5, 5.41) is 0.560. The minimum Gasteiger partial charge on any atom is -0.294 e. The molecular weight excluding hydrogens is 296 g/mol. The Morgan fingerprint density at radius 1 is 1.23 bits per heavy atom. The Labute approximate surface area is 132 Å². The second-order valence-corrected chi connectivity index (χ2v) is 6.45. The zero-order valence-electron chi connectivity index (χ0n) is 12.7. The van der Waals surface area contributed by atoms with E-state index in [1.54, 1.807) is 10.9 Å². The van der Waals surface area contributed by atoms with E-state index in [0.717, 1.165) is 11.1 Å². The number of thiophene rings is 1. The fraction of sp³-hybridized carbons (Fsp3) is 0.235. The van der Waals surface area contributed by atoms with E-state index in [2.05, 4.69) is 4.98 Å². The molecule has 0 atom stereocenters. The number of Topliss-reactive ketones (excluding diaryl/α,β-unsaturated/α-hetero) is 1. The number of carbonyl (C=O) groups is 1. The number of fused-ring (bicyclic) bond motifs is 1. The van der Waals surface area contributed by atoms with Crippen LogP contribution in [0.25, 0.3) is 10.2 Å². The summed E-state index contributed by atoms with van der Waals surface area (Å²) in [6, 6.07) is 8.06. The van der Waals surface area contributed by atoms with E-state index in [-0.39, 0.29) is 11.3 Å². The highest BCUT2D eigenvalue weighted by atomic mass is 32.1. The highest BCUT2D eigenvalue weighted by molar-refractivity contribution is 7.20. The van der Waals surface area contributed by atoms with Crippen molar-refractivity contribution in [2.24, 2.45) is 0 Å². The van der Waals surface area contributed by atoms with Crippen molar-refractivity contribution in [3.05, 3.63) is 62.5 Å². The maximum absolute atomic E-state index is 12.7. The van der Waals surface area contributed by atoms with Crippen molar-refractivity contribution in [1.82, 2.24) is 9.55 Å². The molecule has 2 heterocycles. The Kier molecular flexibility index (Phi) is 3.66. The van der Waals surface area contributed by atoms with Gasteiger partial charge in [0, 0.05) is 0 Å². The Balaban J connectivity index is 2.10. The van der Waals surface area contributed by atoms with Crippen LogP contribution < -0.4 is 5.56 Å². The van der Waals surface area contributed by atoms with Crippen LogP contribution in [0.3, 0.4) is 0 Å². The number of aromatic nitrogens is 2. The lowest BCUT2D eigenvalue weighted by Gasteiger charge is -2.06. The first-order valence-corrected chi connectivity index (χ1v) is 7.84. The highest BCUT2D eigenvalue weighted by Crippen LogP contribution is 2.27. The van der Waals surface area contributed by atoms with Crippen molar-refractivity contribution in [3.63, 3.8) is 0 Å². The third-order valence-corrected chi connectivity index (χ3v) is 5.01. The van der Waals surface area contributed by atoms with Crippen molar-refractivity contribution in [2.45, 2.75) is 27.3 Å². The summed E-state index contributed by atoms with van der Waals surface area (Å²) in [6.45, 7) is 5.84. The summed E-state index contributed by atoms with van der Waals surface area (Å²) in [5.74, 6) is -0.0232. The molecular formula is C17H16N2O2S. The van der Waals surface area contributed by atoms with Crippen molar-refractivity contribution in [1.29, 1.82) is 0 Å². The number of hydrogen-bond acceptors (Lipinski definition) is 4. The normalized spacial score (nSPS) is 11.0. The maximum atomic E-state index is 12.7. The van der Waals surface area contributed by atoms with E-state index in [1.165, 1.54) is 23.8 Å². The molecule has 112 valence electrons. The van der Waals surface area contributed by atoms with Gasteiger partial charge in [-0.3, -0.25) is 14.2 Å². The van der Waals surface area contributed by atoms with Crippen LogP contribution in [0.2, 0.25) is 0 Å². The van der Waals surface area contributed by atoms with Gasteiger partial charge in [-0.1, -0.05) is 29.8 Å². The van der Waals surface area contributed by atoms with Crippen LogP contribution in [0.5, 0.6) is 0 Å². The number of aryl methyl sites for hydroxylation is 2. The van der Waals surface area contributed by atoms with Gasteiger partial charge in [0.25, 0.3) is 5.56 Å². The zero-order valence-corrected chi connectivity index (χ0v) is 13.5. The molecule has 0 amide bonds. The first kappa shape index (κ1) is 14.7. The fourth-order valence-electron chi connectivity index (χ4n) is 2.50. The predicted molar refractivity (Wildman–Crippen MR) is 88.9 cm³/mol. The molecule has 0 unspecified atom stereocenters. The maximum Gasteiger partial charge on any atom is 0.262 e. The molecule has 0 saturated carbocycles. The average molecular weight is 312 g/mol. The van der Waals surface area contributed by atoms with E-state index >= 15 is 0 Å². The lowest BCUT2D eigenvalue weighted by Crippen LogP contribution is -2.21. The van der Waals surface area contributed by atoms with Crippen molar-refractivity contribution in [3.8, 4) is 0 Å². The van der Waals surface area contributed by atoms with Crippen LogP contribution in [0.15, 0.2) is 35.4 Å². The van der Waals surface area contributed by atoms with Gasteiger partial charge in [0.1, 0.15) is 4.83 Å². The molecule has 0 saturated heterocycles. The van der Waals surface area contributed by atoms with Crippen LogP contribution in [-0.2, 0) is 6.54 Å². The fourth-order valence-corrected chi connectivity index (χ4v) is 3.53. The summed E-state index contributed by atoms with van der Waals surface area (Å²) >= 11 is 1.29. The molecule has 0 aliphatic carbocycles. The molecule has 0 bridgehead atoms. The number of benzene rings is 1. The number of rotatable bonds is 3. The Bertz CT molecular complexity index is 920. The van der Waals surface area contributed by atoms with Gasteiger partial charge in [0.05, 0.1) is 23.1 Å². The van der Waals surface area contributed by atoms with Gasteiger partial charge in [-0.25, -0.2) is 4.98 Å². The standard InChI is InChI=1S/C17H16N2O2S/c1-10-4-6-13(7-5-10)8-19-9-18-16-14(17(19)21)11(2)15(22-16)12(3)20/h4-7,9H,8H2,1-3H3. The van der Waals surface area contributed by atoms with Crippen LogP contribution in [-0.4, -0.2) is 15.3 Å². The van der Waals surface area contributed by atoms with Gasteiger partial charge in [-0.2, -0.15) is 0 Å². The number of hydrogen-bond donors (Lipinski definition) is 0. The topological polar surface area (TPSA) is 52.0 Å². The minimum absolute atomic E-state index is 0.0232. The van der Waals surface area contributed by atoms with Gasteiger partial charge in [0.2, 0.25) is 0 Å². The van der Waals surface area contributed by atoms with Gasteiger partial charge in [-0.15, -0.1) is 11.3 Å². The van der Waals surface area contributed by atoms with Crippen LogP contribution in [0.1, 0.15) is 33.3 Å². The Morgan fingerprint density at radius 3 is 2.55 bits per heavy atom. The summed E-state index contributed by atoms with van der Waals surface area (Å²) in [7, 11) is 0. The van der Waals surface area contributed by atoms with Crippen LogP contribution in [0, 0.1) is 13.8 Å². The van der Waals surface area contributed by atoms with Gasteiger partial charge in [0.15, 0.2) is 5.78 Å². The number of nitrogens with zero attached hydrogens (tertiary/aromatic N) is 2. The molecule has 5 heteroatoms. The second-order valence-electron chi connectivity index (χ2n) is 5.46. The molecule has 0 aliphatic rings. The molecule has 2 aromatic heterocycles. The van der Waals surface area contributed by atoms with E-state index in [9.17, 15) is 9.59 Å². The molecule has 3 rings (SSSR count). The molecule has 0 spiro atoms. The first-order chi connectivity index (χ1) is 10.5. The third-order valence-electron chi connectivity index (χ3n) is 3.71. The Morgan fingerprint density at radius 2 is 1.91 bits per heavy atom. The highest BCUT2D eigenvalue weighted by Gasteiger charge is 2.16. The number of carbonyl (C=O) groups excluding carboxylic acids is 1. The summed E-state index contributed by atoms with van der Waals surface area (Å²) in [6.07, 6.45) is 1.56. The third kappa shape index (κ3) is 2.48.